The Bertz CT molecular complexity index is 1440. The third-order valence-corrected chi connectivity index (χ3v) is 17.3. The molecule has 0 fully saturated rings. The van der Waals surface area contributed by atoms with E-state index in [1.54, 1.807) is 0 Å². The minimum atomic E-state index is -4.39. The lowest BCUT2D eigenvalue weighted by molar-refractivity contribution is -0.161. The molecule has 3 N–H and O–H groups in total. The molecule has 10 heteroatoms. The van der Waals surface area contributed by atoms with Crippen LogP contribution < -0.4 is 5.73 Å². The van der Waals surface area contributed by atoms with Crippen LogP contribution in [0.25, 0.3) is 0 Å². The first-order chi connectivity index (χ1) is 40.3. The molecule has 0 radical (unpaired) electrons. The summed E-state index contributed by atoms with van der Waals surface area (Å²) in [6.07, 6.45) is 85.4. The lowest BCUT2D eigenvalue weighted by Crippen LogP contribution is -2.29. The summed E-state index contributed by atoms with van der Waals surface area (Å²) >= 11 is 0. The lowest BCUT2D eigenvalue weighted by Gasteiger charge is -2.19. The van der Waals surface area contributed by atoms with Crippen LogP contribution in [-0.4, -0.2) is 49.3 Å². The van der Waals surface area contributed by atoms with Gasteiger partial charge in [0.25, 0.3) is 0 Å². The molecule has 484 valence electrons. The van der Waals surface area contributed by atoms with Crippen LogP contribution in [0.5, 0.6) is 0 Å². The molecule has 0 saturated heterocycles. The van der Waals surface area contributed by atoms with E-state index in [0.717, 1.165) is 44.9 Å². The van der Waals surface area contributed by atoms with Gasteiger partial charge < -0.3 is 20.1 Å². The standard InChI is InChI=1S/C72H138NO8P/c1-3-5-7-9-11-13-15-17-19-21-23-25-27-29-31-33-35-37-39-41-43-45-47-49-51-53-55-57-59-61-63-65-72(75)81-70(69-80-82(76,77)79-67-66-73)68-78-71(74)64-62-60-58-56-54-52-50-48-46-44-42-40-38-36-34-32-30-28-26-24-22-20-18-16-14-12-10-8-6-4-2/h15,17,21,23,27,29,70H,3-14,16,18-20,22,24-26,28,30-69,73H2,1-2H3,(H,76,77)/b17-15-,23-21-,29-27-. The van der Waals surface area contributed by atoms with Crippen molar-refractivity contribution in [3.63, 3.8) is 0 Å². The Balaban J connectivity index is 3.82. The van der Waals surface area contributed by atoms with Gasteiger partial charge in [0.1, 0.15) is 6.61 Å². The van der Waals surface area contributed by atoms with Crippen LogP contribution in [0, 0.1) is 0 Å². The van der Waals surface area contributed by atoms with Crippen molar-refractivity contribution < 1.29 is 37.6 Å². The maximum atomic E-state index is 12.8. The zero-order chi connectivity index (χ0) is 59.4. The third-order valence-electron chi connectivity index (χ3n) is 16.3. The Morgan fingerprint density at radius 1 is 0.366 bits per heavy atom. The lowest BCUT2D eigenvalue weighted by atomic mass is 10.0. The summed E-state index contributed by atoms with van der Waals surface area (Å²) in [6, 6.07) is 0. The van der Waals surface area contributed by atoms with E-state index in [0.29, 0.717) is 6.42 Å². The molecule has 0 rings (SSSR count). The van der Waals surface area contributed by atoms with Gasteiger partial charge in [-0.3, -0.25) is 18.6 Å². The van der Waals surface area contributed by atoms with Crippen LogP contribution in [-0.2, 0) is 32.7 Å². The van der Waals surface area contributed by atoms with E-state index in [2.05, 4.69) is 50.3 Å². The monoisotopic (exact) mass is 1180 g/mol. The number of esters is 2. The highest BCUT2D eigenvalue weighted by atomic mass is 31.2. The van der Waals surface area contributed by atoms with Crippen molar-refractivity contribution in [3.8, 4) is 0 Å². The molecule has 0 aliphatic rings. The predicted octanol–water partition coefficient (Wildman–Crippen LogP) is 23.5. The fourth-order valence-electron chi connectivity index (χ4n) is 10.9. The van der Waals surface area contributed by atoms with Crippen LogP contribution in [0.3, 0.4) is 0 Å². The second kappa shape index (κ2) is 68.3. The fraction of sp³-hybridized carbons (Fsp3) is 0.889. The van der Waals surface area contributed by atoms with Crippen molar-refractivity contribution in [2.24, 2.45) is 5.73 Å². The summed E-state index contributed by atoms with van der Waals surface area (Å²) in [4.78, 5) is 35.4. The number of hydrogen-bond donors (Lipinski definition) is 2. The summed E-state index contributed by atoms with van der Waals surface area (Å²) in [5.41, 5.74) is 5.41. The topological polar surface area (TPSA) is 134 Å². The van der Waals surface area contributed by atoms with Crippen molar-refractivity contribution in [3.05, 3.63) is 36.5 Å². The van der Waals surface area contributed by atoms with E-state index >= 15 is 0 Å². The van der Waals surface area contributed by atoms with Crippen LogP contribution >= 0.6 is 7.82 Å². The first kappa shape index (κ1) is 80.2. The number of ether oxygens (including phenoxy) is 2. The van der Waals surface area contributed by atoms with E-state index in [9.17, 15) is 19.0 Å². The van der Waals surface area contributed by atoms with Crippen LogP contribution in [0.4, 0.5) is 0 Å². The minimum absolute atomic E-state index is 0.0558. The molecule has 0 amide bonds. The molecular weight excluding hydrogens is 1040 g/mol. The fourth-order valence-corrected chi connectivity index (χ4v) is 11.7. The minimum Gasteiger partial charge on any atom is -0.462 e. The molecule has 0 heterocycles. The molecule has 82 heavy (non-hydrogen) atoms. The molecule has 0 spiro atoms. The van der Waals surface area contributed by atoms with Crippen molar-refractivity contribution in [2.75, 3.05) is 26.4 Å². The SMILES string of the molecule is CCCCCCC/C=C\C/C=C\C/C=C\CCCCCCCCCCCCCCCCCCC(=O)OC(COC(=O)CCCCCCCCCCCCCCCCCCCCCCCCCCCCCCCC)COP(=O)(O)OCCN. The van der Waals surface area contributed by atoms with E-state index < -0.39 is 26.5 Å². The van der Waals surface area contributed by atoms with Crippen molar-refractivity contribution >= 4 is 19.8 Å². The maximum Gasteiger partial charge on any atom is 0.472 e. The Labute approximate surface area is 509 Å². The van der Waals surface area contributed by atoms with Crippen molar-refractivity contribution in [1.82, 2.24) is 0 Å². The molecule has 9 nitrogen and oxygen atoms in total. The van der Waals surface area contributed by atoms with Gasteiger partial charge in [-0.2, -0.15) is 0 Å². The smallest absolute Gasteiger partial charge is 0.462 e. The molecular formula is C72H138NO8P. The van der Waals surface area contributed by atoms with Gasteiger partial charge in [0, 0.05) is 19.4 Å². The van der Waals surface area contributed by atoms with E-state index in [4.69, 9.17) is 24.3 Å². The van der Waals surface area contributed by atoms with Crippen LogP contribution in [0.1, 0.15) is 380 Å². The highest BCUT2D eigenvalue weighted by Crippen LogP contribution is 2.43. The average molecular weight is 1180 g/mol. The number of nitrogens with two attached hydrogens (primary N) is 1. The van der Waals surface area contributed by atoms with E-state index in [-0.39, 0.29) is 38.6 Å². The number of rotatable bonds is 69. The number of phosphoric acid groups is 1. The molecule has 0 bridgehead atoms. The Morgan fingerprint density at radius 2 is 0.634 bits per heavy atom. The molecule has 0 aromatic carbocycles. The first-order valence-corrected chi connectivity index (χ1v) is 37.5. The van der Waals surface area contributed by atoms with Gasteiger partial charge in [0.15, 0.2) is 6.10 Å². The van der Waals surface area contributed by atoms with E-state index in [1.165, 1.54) is 302 Å². The Hall–Kier alpha value is -1.77. The summed E-state index contributed by atoms with van der Waals surface area (Å²) < 4.78 is 33.2. The Kier molecular flexibility index (Phi) is 66.9. The molecule has 0 aromatic rings. The second-order valence-electron chi connectivity index (χ2n) is 24.5. The molecule has 2 atom stereocenters. The summed E-state index contributed by atoms with van der Waals surface area (Å²) in [5, 5.41) is 0. The number of carbonyl (C=O) groups is 2. The highest BCUT2D eigenvalue weighted by molar-refractivity contribution is 7.47. The molecule has 2 unspecified atom stereocenters. The molecule has 0 aliphatic heterocycles. The zero-order valence-corrected chi connectivity index (χ0v) is 55.4. The third kappa shape index (κ3) is 67.4. The van der Waals surface area contributed by atoms with E-state index in [1.807, 2.05) is 0 Å². The Morgan fingerprint density at radius 3 is 0.939 bits per heavy atom. The summed E-state index contributed by atoms with van der Waals surface area (Å²) in [6.45, 7) is 3.81. The van der Waals surface area contributed by atoms with Crippen LogP contribution in [0.2, 0.25) is 0 Å². The van der Waals surface area contributed by atoms with Gasteiger partial charge in [-0.05, 0) is 51.4 Å². The average Bonchev–Trinajstić information content (AvgIpc) is 3.48. The van der Waals surface area contributed by atoms with Gasteiger partial charge in [0.2, 0.25) is 0 Å². The first-order valence-electron chi connectivity index (χ1n) is 36.0. The number of carbonyl (C=O) groups excluding carboxylic acids is 2. The summed E-state index contributed by atoms with van der Waals surface area (Å²) in [7, 11) is -4.39. The zero-order valence-electron chi connectivity index (χ0n) is 54.5. The number of allylic oxidation sites excluding steroid dienone is 6. The van der Waals surface area contributed by atoms with Gasteiger partial charge in [-0.1, -0.05) is 352 Å². The molecule has 0 saturated carbocycles. The largest absolute Gasteiger partial charge is 0.472 e. The van der Waals surface area contributed by atoms with Gasteiger partial charge >= 0.3 is 19.8 Å². The van der Waals surface area contributed by atoms with Crippen molar-refractivity contribution in [1.29, 1.82) is 0 Å². The van der Waals surface area contributed by atoms with Gasteiger partial charge in [0.05, 0.1) is 13.2 Å². The number of phosphoric ester groups is 1. The second-order valence-corrected chi connectivity index (χ2v) is 25.9. The molecule has 0 aliphatic carbocycles. The van der Waals surface area contributed by atoms with Crippen molar-refractivity contribution in [2.45, 2.75) is 386 Å². The van der Waals surface area contributed by atoms with Crippen LogP contribution in [0.15, 0.2) is 36.5 Å². The molecule has 0 aromatic heterocycles. The number of unbranched alkanes of at least 4 members (excludes halogenated alkanes) is 50. The predicted molar refractivity (Wildman–Crippen MR) is 354 cm³/mol. The normalized spacial score (nSPS) is 13.1. The highest BCUT2D eigenvalue weighted by Gasteiger charge is 2.26. The van der Waals surface area contributed by atoms with Gasteiger partial charge in [-0.25, -0.2) is 4.57 Å². The quantitative estimate of drug-likeness (QED) is 0.0264. The maximum absolute atomic E-state index is 12.8. The van der Waals surface area contributed by atoms with Gasteiger partial charge in [-0.15, -0.1) is 0 Å². The summed E-state index contributed by atoms with van der Waals surface area (Å²) in [5.74, 6) is -0.805. The number of hydrogen-bond acceptors (Lipinski definition) is 8.